The quantitative estimate of drug-likeness (QED) is 0.444. The van der Waals surface area contributed by atoms with Crippen LogP contribution in [0.15, 0.2) is 81.2 Å². The van der Waals surface area contributed by atoms with Crippen LogP contribution in [-0.4, -0.2) is 30.3 Å². The number of methoxy groups -OCH3 is 2. The minimum Gasteiger partial charge on any atom is -0.493 e. The van der Waals surface area contributed by atoms with Gasteiger partial charge in [-0.1, -0.05) is 29.5 Å². The fourth-order valence-corrected chi connectivity index (χ4v) is 4.37. The first kappa shape index (κ1) is 22.9. The Balaban J connectivity index is 1.37. The topological polar surface area (TPSA) is 95.7 Å². The zero-order chi connectivity index (χ0) is 24.5. The SMILES string of the molecule is COc1cc2nccc(OC3=CC4=CC=CC(C(=O)Nc5noc(C)c5Br)C4C=C3)c2cc1OC. The van der Waals surface area contributed by atoms with Crippen LogP contribution in [0.25, 0.3) is 10.9 Å². The molecule has 2 aliphatic rings. The molecule has 2 heterocycles. The van der Waals surface area contributed by atoms with Crippen LogP contribution in [0.1, 0.15) is 5.76 Å². The van der Waals surface area contributed by atoms with Gasteiger partial charge in [0.05, 0.1) is 25.7 Å². The highest BCUT2D eigenvalue weighted by atomic mass is 79.9. The van der Waals surface area contributed by atoms with Gasteiger partial charge in [0, 0.05) is 23.6 Å². The highest BCUT2D eigenvalue weighted by Gasteiger charge is 2.31. The molecule has 8 nitrogen and oxygen atoms in total. The number of halogens is 1. The number of carbonyl (C=O) groups excluding carboxylic acids is 1. The van der Waals surface area contributed by atoms with E-state index in [4.69, 9.17) is 18.7 Å². The van der Waals surface area contributed by atoms with Crippen LogP contribution in [0.5, 0.6) is 17.2 Å². The third-order valence-electron chi connectivity index (χ3n) is 5.93. The minimum absolute atomic E-state index is 0.127. The second-order valence-electron chi connectivity index (χ2n) is 8.04. The number of benzene rings is 1. The van der Waals surface area contributed by atoms with Crippen LogP contribution in [0.3, 0.4) is 0 Å². The summed E-state index contributed by atoms with van der Waals surface area (Å²) in [6.45, 7) is 1.77. The van der Waals surface area contributed by atoms with Gasteiger partial charge in [0.25, 0.3) is 0 Å². The van der Waals surface area contributed by atoms with Crippen molar-refractivity contribution in [2.24, 2.45) is 11.8 Å². The molecule has 0 bridgehead atoms. The average molecular weight is 536 g/mol. The van der Waals surface area contributed by atoms with E-state index in [1.165, 1.54) is 0 Å². The summed E-state index contributed by atoms with van der Waals surface area (Å²) < 4.78 is 22.8. The van der Waals surface area contributed by atoms with Crippen LogP contribution in [0.2, 0.25) is 0 Å². The summed E-state index contributed by atoms with van der Waals surface area (Å²) in [5.41, 5.74) is 1.70. The first-order valence-corrected chi connectivity index (χ1v) is 11.7. The van der Waals surface area contributed by atoms with Gasteiger partial charge in [-0.25, -0.2) is 0 Å². The Labute approximate surface area is 210 Å². The Bertz CT molecular complexity index is 1440. The molecule has 0 saturated heterocycles. The van der Waals surface area contributed by atoms with Crippen molar-refractivity contribution in [1.82, 2.24) is 10.1 Å². The number of hydrogen-bond donors (Lipinski definition) is 1. The van der Waals surface area contributed by atoms with Crippen molar-refractivity contribution in [3.05, 3.63) is 82.4 Å². The molecule has 35 heavy (non-hydrogen) atoms. The Kier molecular flexibility index (Phi) is 6.17. The molecule has 9 heteroatoms. The molecular weight excluding hydrogens is 514 g/mol. The molecule has 1 aromatic carbocycles. The van der Waals surface area contributed by atoms with E-state index >= 15 is 0 Å². The molecule has 1 amide bonds. The molecule has 0 fully saturated rings. The van der Waals surface area contributed by atoms with E-state index < -0.39 is 5.92 Å². The zero-order valence-corrected chi connectivity index (χ0v) is 20.8. The number of allylic oxidation sites excluding steroid dienone is 6. The van der Waals surface area contributed by atoms with E-state index in [9.17, 15) is 4.79 Å². The van der Waals surface area contributed by atoms with Gasteiger partial charge in [-0.3, -0.25) is 9.78 Å². The largest absolute Gasteiger partial charge is 0.493 e. The third-order valence-corrected chi connectivity index (χ3v) is 6.86. The summed E-state index contributed by atoms with van der Waals surface area (Å²) in [4.78, 5) is 17.4. The molecule has 2 aliphatic carbocycles. The highest BCUT2D eigenvalue weighted by molar-refractivity contribution is 9.10. The number of aromatic nitrogens is 2. The number of aryl methyl sites for hydroxylation is 1. The summed E-state index contributed by atoms with van der Waals surface area (Å²) in [5, 5.41) is 7.53. The minimum atomic E-state index is -0.397. The van der Waals surface area contributed by atoms with Crippen molar-refractivity contribution in [1.29, 1.82) is 0 Å². The number of nitrogens with one attached hydrogen (secondary N) is 1. The van der Waals surface area contributed by atoms with Crippen molar-refractivity contribution >= 4 is 38.6 Å². The lowest BCUT2D eigenvalue weighted by molar-refractivity contribution is -0.119. The van der Waals surface area contributed by atoms with Gasteiger partial charge >= 0.3 is 0 Å². The van der Waals surface area contributed by atoms with Gasteiger partial charge in [0.1, 0.15) is 21.7 Å². The fraction of sp³-hybridized carbons (Fsp3) is 0.192. The molecule has 0 radical (unpaired) electrons. The van der Waals surface area contributed by atoms with Crippen molar-refractivity contribution in [2.45, 2.75) is 6.92 Å². The number of nitrogens with zero attached hydrogens (tertiary/aromatic N) is 2. The molecule has 0 aliphatic heterocycles. The molecule has 0 spiro atoms. The second kappa shape index (κ2) is 9.42. The van der Waals surface area contributed by atoms with Crippen molar-refractivity contribution in [3.63, 3.8) is 0 Å². The lowest BCUT2D eigenvalue weighted by Gasteiger charge is -2.27. The number of anilines is 1. The molecule has 178 valence electrons. The van der Waals surface area contributed by atoms with Gasteiger partial charge in [-0.05, 0) is 52.7 Å². The monoisotopic (exact) mass is 535 g/mol. The van der Waals surface area contributed by atoms with Gasteiger partial charge in [0.2, 0.25) is 5.91 Å². The van der Waals surface area contributed by atoms with Gasteiger partial charge < -0.3 is 24.1 Å². The van der Waals surface area contributed by atoms with Crippen LogP contribution >= 0.6 is 15.9 Å². The van der Waals surface area contributed by atoms with Gasteiger partial charge in [0.15, 0.2) is 17.3 Å². The number of hydrogen-bond acceptors (Lipinski definition) is 7. The predicted octanol–water partition coefficient (Wildman–Crippen LogP) is 5.51. The van der Waals surface area contributed by atoms with Crippen molar-refractivity contribution in [2.75, 3.05) is 19.5 Å². The van der Waals surface area contributed by atoms with Crippen LogP contribution in [-0.2, 0) is 4.79 Å². The molecule has 2 atom stereocenters. The van der Waals surface area contributed by atoms with E-state index in [1.807, 2.05) is 48.6 Å². The highest BCUT2D eigenvalue weighted by Crippen LogP contribution is 2.38. The summed E-state index contributed by atoms with van der Waals surface area (Å²) in [5.74, 6) is 2.75. The van der Waals surface area contributed by atoms with E-state index in [2.05, 4.69) is 31.4 Å². The summed E-state index contributed by atoms with van der Waals surface area (Å²) >= 11 is 3.39. The first-order chi connectivity index (χ1) is 17.0. The van der Waals surface area contributed by atoms with Crippen LogP contribution < -0.4 is 19.5 Å². The lowest BCUT2D eigenvalue weighted by Crippen LogP contribution is -2.30. The molecule has 0 saturated carbocycles. The Morgan fingerprint density at radius 3 is 2.69 bits per heavy atom. The standard InChI is InChI=1S/C26H22BrN3O5/c1-14-24(27)25(30-35-14)29-26(31)18-6-4-5-15-11-16(7-8-17(15)18)34-21-9-10-28-20-13-23(33-3)22(32-2)12-19(20)21/h4-13,17-18H,1-3H3,(H,29,30,31). The second-order valence-corrected chi connectivity index (χ2v) is 8.83. The third kappa shape index (κ3) is 4.35. The molecular formula is C26H22BrN3O5. The number of rotatable bonds is 6. The lowest BCUT2D eigenvalue weighted by atomic mass is 9.79. The maximum absolute atomic E-state index is 13.0. The van der Waals surface area contributed by atoms with E-state index in [0.717, 1.165) is 16.5 Å². The number of carbonyl (C=O) groups is 1. The molecule has 5 rings (SSSR count). The first-order valence-electron chi connectivity index (χ1n) is 10.9. The van der Waals surface area contributed by atoms with E-state index in [0.29, 0.717) is 39.1 Å². The fourth-order valence-electron chi connectivity index (χ4n) is 4.13. The normalized spacial score (nSPS) is 18.5. The summed E-state index contributed by atoms with van der Waals surface area (Å²) in [6, 6.07) is 5.46. The Morgan fingerprint density at radius 2 is 1.94 bits per heavy atom. The molecule has 1 N–H and O–H groups in total. The maximum Gasteiger partial charge on any atom is 0.233 e. The van der Waals surface area contributed by atoms with Crippen molar-refractivity contribution < 1.29 is 23.5 Å². The molecule has 2 unspecified atom stereocenters. The van der Waals surface area contributed by atoms with E-state index in [-0.39, 0.29) is 11.8 Å². The predicted molar refractivity (Wildman–Crippen MR) is 134 cm³/mol. The van der Waals surface area contributed by atoms with Crippen LogP contribution in [0.4, 0.5) is 5.82 Å². The molecule has 2 aromatic heterocycles. The smallest absolute Gasteiger partial charge is 0.233 e. The average Bonchev–Trinajstić information content (AvgIpc) is 3.19. The number of fused-ring (bicyclic) bond motifs is 2. The van der Waals surface area contributed by atoms with E-state index in [1.54, 1.807) is 33.4 Å². The Hall–Kier alpha value is -3.85. The zero-order valence-electron chi connectivity index (χ0n) is 19.2. The maximum atomic E-state index is 13.0. The van der Waals surface area contributed by atoms with Crippen molar-refractivity contribution in [3.8, 4) is 17.2 Å². The van der Waals surface area contributed by atoms with Gasteiger partial charge in [-0.2, -0.15) is 0 Å². The number of amides is 1. The van der Waals surface area contributed by atoms with Crippen LogP contribution in [0, 0.1) is 18.8 Å². The Morgan fingerprint density at radius 1 is 1.14 bits per heavy atom. The molecule has 3 aromatic rings. The summed E-state index contributed by atoms with van der Waals surface area (Å²) in [7, 11) is 3.18. The number of ether oxygens (including phenoxy) is 3. The summed E-state index contributed by atoms with van der Waals surface area (Å²) in [6.07, 6.45) is 13.2. The van der Waals surface area contributed by atoms with Gasteiger partial charge in [-0.15, -0.1) is 0 Å². The number of pyridine rings is 1.